The Morgan fingerprint density at radius 1 is 0.862 bits per heavy atom. The molecule has 2 aromatic carbocycles. The second-order valence-electron chi connectivity index (χ2n) is 7.00. The predicted octanol–water partition coefficient (Wildman–Crippen LogP) is 4.49. The van der Waals surface area contributed by atoms with Crippen molar-refractivity contribution in [3.8, 4) is 11.5 Å². The number of aryl methyl sites for hydroxylation is 2. The lowest BCUT2D eigenvalue weighted by atomic mass is 10.1. The number of amides is 2. The maximum Gasteiger partial charge on any atom is 0.273 e. The number of benzene rings is 2. The maximum absolute atomic E-state index is 12.8. The monoisotopic (exact) mass is 413 g/mol. The molecule has 0 bridgehead atoms. The van der Waals surface area contributed by atoms with Crippen LogP contribution in [0.5, 0.6) is 11.5 Å². The van der Waals surface area contributed by atoms with E-state index in [2.05, 4.69) is 6.07 Å². The zero-order chi connectivity index (χ0) is 21.0. The van der Waals surface area contributed by atoms with Crippen molar-refractivity contribution in [1.29, 1.82) is 0 Å². The zero-order valence-electron chi connectivity index (χ0n) is 16.8. The van der Waals surface area contributed by atoms with Crippen LogP contribution in [0.3, 0.4) is 0 Å². The molecule has 0 spiro atoms. The fourth-order valence-corrected chi connectivity index (χ4v) is 3.50. The molecule has 0 aliphatic carbocycles. The summed E-state index contributed by atoms with van der Waals surface area (Å²) >= 11 is 6.21. The average molecular weight is 414 g/mol. The normalized spacial score (nSPS) is 14.0. The third kappa shape index (κ3) is 4.80. The lowest BCUT2D eigenvalue weighted by molar-refractivity contribution is -0.137. The molecule has 1 aliphatic heterocycles. The number of nitrogens with zero attached hydrogens (tertiary/aromatic N) is 1. The van der Waals surface area contributed by atoms with Gasteiger partial charge >= 0.3 is 0 Å². The fourth-order valence-electron chi connectivity index (χ4n) is 3.21. The van der Waals surface area contributed by atoms with Crippen molar-refractivity contribution in [2.24, 2.45) is 0 Å². The molecule has 0 saturated carbocycles. The van der Waals surface area contributed by atoms with Crippen LogP contribution in [0, 0.1) is 13.8 Å². The van der Waals surface area contributed by atoms with E-state index >= 15 is 0 Å². The minimum absolute atomic E-state index is 0.0661. The van der Waals surface area contributed by atoms with Crippen molar-refractivity contribution in [2.45, 2.75) is 27.2 Å². The molecule has 1 heterocycles. The molecule has 1 aliphatic rings. The van der Waals surface area contributed by atoms with Gasteiger partial charge in [-0.3, -0.25) is 14.5 Å². The van der Waals surface area contributed by atoms with E-state index in [4.69, 9.17) is 21.1 Å². The van der Waals surface area contributed by atoms with Crippen LogP contribution in [0.1, 0.15) is 30.0 Å². The zero-order valence-corrected chi connectivity index (χ0v) is 17.6. The maximum atomic E-state index is 12.8. The van der Waals surface area contributed by atoms with Gasteiger partial charge in [0.15, 0.2) is 0 Å². The number of imide groups is 1. The topological polar surface area (TPSA) is 55.8 Å². The minimum atomic E-state index is -0.498. The Bertz CT molecular complexity index is 930. The first-order valence-electron chi connectivity index (χ1n) is 9.61. The number of rotatable bonds is 8. The highest BCUT2D eigenvalue weighted by molar-refractivity contribution is 6.55. The summed E-state index contributed by atoms with van der Waals surface area (Å²) in [7, 11) is 0. The molecule has 0 unspecified atom stereocenters. The third-order valence-electron chi connectivity index (χ3n) is 4.51. The van der Waals surface area contributed by atoms with Crippen LogP contribution < -0.4 is 9.47 Å². The van der Waals surface area contributed by atoms with Crippen LogP contribution in [-0.2, 0) is 9.59 Å². The van der Waals surface area contributed by atoms with E-state index in [0.29, 0.717) is 23.7 Å². The number of carbonyl (C=O) groups is 2. The summed E-state index contributed by atoms with van der Waals surface area (Å²) in [6, 6.07) is 12.9. The summed E-state index contributed by atoms with van der Waals surface area (Å²) < 4.78 is 11.3. The molecule has 0 fully saturated rings. The Labute approximate surface area is 175 Å². The summed E-state index contributed by atoms with van der Waals surface area (Å²) in [6.45, 7) is 6.95. The summed E-state index contributed by atoms with van der Waals surface area (Å²) in [5, 5.41) is -0.0661. The van der Waals surface area contributed by atoms with E-state index < -0.39 is 11.8 Å². The van der Waals surface area contributed by atoms with Crippen molar-refractivity contribution in [1.82, 2.24) is 4.90 Å². The molecule has 0 N–H and O–H groups in total. The molecular formula is C23H24ClNO4. The Balaban J connectivity index is 1.66. The van der Waals surface area contributed by atoms with Crippen molar-refractivity contribution in [3.05, 3.63) is 64.2 Å². The Kier molecular flexibility index (Phi) is 6.60. The molecule has 5 nitrogen and oxygen atoms in total. The highest BCUT2D eigenvalue weighted by Crippen LogP contribution is 2.32. The van der Waals surface area contributed by atoms with Crippen LogP contribution in [-0.4, -0.2) is 36.5 Å². The first-order chi connectivity index (χ1) is 13.9. The van der Waals surface area contributed by atoms with E-state index in [1.165, 1.54) is 0 Å². The third-order valence-corrected chi connectivity index (χ3v) is 4.86. The summed E-state index contributed by atoms with van der Waals surface area (Å²) in [5.41, 5.74) is 2.98. The van der Waals surface area contributed by atoms with Gasteiger partial charge < -0.3 is 9.47 Å². The largest absolute Gasteiger partial charge is 0.494 e. The van der Waals surface area contributed by atoms with E-state index in [1.54, 1.807) is 24.3 Å². The number of carbonyl (C=O) groups excluding carboxylic acids is 2. The van der Waals surface area contributed by atoms with E-state index in [0.717, 1.165) is 22.4 Å². The quantitative estimate of drug-likeness (QED) is 0.598. The smallest absolute Gasteiger partial charge is 0.273 e. The van der Waals surface area contributed by atoms with Gasteiger partial charge in [0.25, 0.3) is 11.8 Å². The van der Waals surface area contributed by atoms with Crippen LogP contribution in [0.4, 0.5) is 0 Å². The summed E-state index contributed by atoms with van der Waals surface area (Å²) in [4.78, 5) is 26.4. The Hall–Kier alpha value is -2.79. The average Bonchev–Trinajstić information content (AvgIpc) is 2.89. The molecule has 0 saturated heterocycles. The number of hydrogen-bond acceptors (Lipinski definition) is 4. The number of halogens is 1. The van der Waals surface area contributed by atoms with Crippen molar-refractivity contribution >= 4 is 29.0 Å². The predicted molar refractivity (Wildman–Crippen MR) is 113 cm³/mol. The van der Waals surface area contributed by atoms with Crippen LogP contribution in [0.15, 0.2) is 47.5 Å². The molecule has 29 heavy (non-hydrogen) atoms. The minimum Gasteiger partial charge on any atom is -0.494 e. The molecule has 2 aromatic rings. The Morgan fingerprint density at radius 3 is 2.10 bits per heavy atom. The fraction of sp³-hybridized carbons (Fsp3) is 0.304. The van der Waals surface area contributed by atoms with Crippen molar-refractivity contribution in [2.75, 3.05) is 19.8 Å². The number of hydrogen-bond donors (Lipinski definition) is 0. The van der Waals surface area contributed by atoms with E-state index in [-0.39, 0.29) is 23.8 Å². The van der Waals surface area contributed by atoms with Gasteiger partial charge in [-0.05, 0) is 61.2 Å². The van der Waals surface area contributed by atoms with Crippen molar-refractivity contribution < 1.29 is 19.1 Å². The molecule has 3 rings (SSSR count). The van der Waals surface area contributed by atoms with Gasteiger partial charge in [-0.1, -0.05) is 36.7 Å². The van der Waals surface area contributed by atoms with Crippen LogP contribution in [0.25, 0.3) is 5.57 Å². The lowest BCUT2D eigenvalue weighted by Gasteiger charge is -2.16. The SMILES string of the molecule is CCCOc1ccc(C2=C(Cl)C(=O)N(CCOc3cc(C)cc(C)c3)C2=O)cc1. The molecule has 2 amide bonds. The first-order valence-corrected chi connectivity index (χ1v) is 9.98. The molecule has 0 atom stereocenters. The molecule has 0 aromatic heterocycles. The summed E-state index contributed by atoms with van der Waals surface area (Å²) in [5.74, 6) is 0.514. The first kappa shape index (κ1) is 20.9. The second kappa shape index (κ2) is 9.14. The van der Waals surface area contributed by atoms with Gasteiger partial charge in [0, 0.05) is 0 Å². The molecular weight excluding hydrogens is 390 g/mol. The highest BCUT2D eigenvalue weighted by Gasteiger charge is 2.37. The van der Waals surface area contributed by atoms with Gasteiger partial charge in [-0.25, -0.2) is 0 Å². The standard InChI is InChI=1S/C23H24ClNO4/c1-4-10-28-18-7-5-17(6-8-18)20-21(24)23(27)25(22(20)26)9-11-29-19-13-15(2)12-16(3)14-19/h5-8,12-14H,4,9-11H2,1-3H3. The van der Waals surface area contributed by atoms with Crippen LogP contribution in [0.2, 0.25) is 0 Å². The molecule has 0 radical (unpaired) electrons. The van der Waals surface area contributed by atoms with Gasteiger partial charge in [0.1, 0.15) is 23.1 Å². The van der Waals surface area contributed by atoms with Gasteiger partial charge in [-0.15, -0.1) is 0 Å². The van der Waals surface area contributed by atoms with Gasteiger partial charge in [0.2, 0.25) is 0 Å². The molecule has 152 valence electrons. The highest BCUT2D eigenvalue weighted by atomic mass is 35.5. The summed E-state index contributed by atoms with van der Waals surface area (Å²) in [6.07, 6.45) is 0.908. The van der Waals surface area contributed by atoms with E-state index in [1.807, 2.05) is 32.9 Å². The van der Waals surface area contributed by atoms with E-state index in [9.17, 15) is 9.59 Å². The lowest BCUT2D eigenvalue weighted by Crippen LogP contribution is -2.35. The van der Waals surface area contributed by atoms with Gasteiger partial charge in [-0.2, -0.15) is 0 Å². The van der Waals surface area contributed by atoms with Crippen molar-refractivity contribution in [3.63, 3.8) is 0 Å². The second-order valence-corrected chi connectivity index (χ2v) is 7.37. The Morgan fingerprint density at radius 2 is 1.48 bits per heavy atom. The van der Waals surface area contributed by atoms with Gasteiger partial charge in [0.05, 0.1) is 18.7 Å². The van der Waals surface area contributed by atoms with Crippen LogP contribution >= 0.6 is 11.6 Å². The number of ether oxygens (including phenoxy) is 2. The molecule has 6 heteroatoms.